The molecule has 5 heteroatoms. The summed E-state index contributed by atoms with van der Waals surface area (Å²) in [5, 5.41) is 26.5. The number of aromatic nitrogens is 1. The molecule has 0 bridgehead atoms. The fourth-order valence-corrected chi connectivity index (χ4v) is 1.04. The summed E-state index contributed by atoms with van der Waals surface area (Å²) in [4.78, 5) is 3.87. The Morgan fingerprint density at radius 3 is 2.67 bits per heavy atom. The van der Waals surface area contributed by atoms with Crippen molar-refractivity contribution in [2.24, 2.45) is 0 Å². The molecular weight excluding hydrogens is 157 g/mol. The van der Waals surface area contributed by atoms with Crippen molar-refractivity contribution >= 4 is 12.6 Å². The van der Waals surface area contributed by atoms with E-state index in [9.17, 15) is 0 Å². The van der Waals surface area contributed by atoms with Gasteiger partial charge in [0, 0.05) is 6.20 Å². The average Bonchev–Trinajstić information content (AvgIpc) is 2.04. The molecule has 1 heterocycles. The minimum absolute atomic E-state index is 0.188. The third-order valence-corrected chi connectivity index (χ3v) is 1.78. The predicted octanol–water partition coefficient (Wildman–Crippen LogP) is -1.44. The van der Waals surface area contributed by atoms with Crippen LogP contribution in [-0.2, 0) is 6.61 Å². The van der Waals surface area contributed by atoms with Gasteiger partial charge in [-0.25, -0.2) is 0 Å². The Labute approximate surface area is 70.7 Å². The molecule has 1 rings (SSSR count). The van der Waals surface area contributed by atoms with Crippen LogP contribution in [-0.4, -0.2) is 27.3 Å². The lowest BCUT2D eigenvalue weighted by Gasteiger charge is -2.06. The molecule has 0 amide bonds. The monoisotopic (exact) mass is 167 g/mol. The zero-order chi connectivity index (χ0) is 9.14. The number of rotatable bonds is 2. The zero-order valence-corrected chi connectivity index (χ0v) is 6.73. The molecule has 0 aliphatic rings. The molecule has 4 nitrogen and oxygen atoms in total. The number of aliphatic hydroxyl groups excluding tert-OH is 1. The van der Waals surface area contributed by atoms with E-state index < -0.39 is 7.12 Å². The van der Waals surface area contributed by atoms with Crippen molar-refractivity contribution in [1.29, 1.82) is 0 Å². The smallest absolute Gasteiger partial charge is 0.423 e. The van der Waals surface area contributed by atoms with E-state index in [2.05, 4.69) is 4.98 Å². The van der Waals surface area contributed by atoms with Crippen LogP contribution < -0.4 is 5.46 Å². The topological polar surface area (TPSA) is 73.6 Å². The van der Waals surface area contributed by atoms with E-state index in [1.165, 1.54) is 12.3 Å². The van der Waals surface area contributed by atoms with E-state index in [1.807, 2.05) is 0 Å². The van der Waals surface area contributed by atoms with E-state index in [0.717, 1.165) is 0 Å². The largest absolute Gasteiger partial charge is 0.488 e. The van der Waals surface area contributed by atoms with Gasteiger partial charge in [0.15, 0.2) is 0 Å². The molecule has 0 aliphatic heterocycles. The van der Waals surface area contributed by atoms with Crippen LogP contribution in [0.2, 0.25) is 0 Å². The average molecular weight is 167 g/mol. The van der Waals surface area contributed by atoms with Gasteiger partial charge in [-0.15, -0.1) is 0 Å². The number of nitrogens with zero attached hydrogens (tertiary/aromatic N) is 1. The molecule has 12 heavy (non-hydrogen) atoms. The van der Waals surface area contributed by atoms with Gasteiger partial charge >= 0.3 is 7.12 Å². The summed E-state index contributed by atoms with van der Waals surface area (Å²) in [5.41, 5.74) is 1.48. The standard InChI is InChI=1S/C7H10BNO3/c1-5-6(8(11)12)2-3-9-7(5)4-10/h2-3,10-12H,4H2,1H3. The number of pyridine rings is 1. The highest BCUT2D eigenvalue weighted by atomic mass is 16.4. The van der Waals surface area contributed by atoms with Crippen LogP contribution in [0.15, 0.2) is 12.3 Å². The molecule has 0 saturated heterocycles. The van der Waals surface area contributed by atoms with Gasteiger partial charge in [0.25, 0.3) is 0 Å². The highest BCUT2D eigenvalue weighted by Crippen LogP contribution is 2.00. The molecule has 0 atom stereocenters. The highest BCUT2D eigenvalue weighted by Gasteiger charge is 2.15. The summed E-state index contributed by atoms with van der Waals surface area (Å²) in [6.07, 6.45) is 1.44. The maximum Gasteiger partial charge on any atom is 0.488 e. The first kappa shape index (κ1) is 9.19. The predicted molar refractivity (Wildman–Crippen MR) is 44.7 cm³/mol. The number of hydrogen-bond acceptors (Lipinski definition) is 4. The first-order valence-corrected chi connectivity index (χ1v) is 3.58. The maximum absolute atomic E-state index is 8.87. The Hall–Kier alpha value is -0.905. The molecule has 1 aromatic rings. The first-order valence-electron chi connectivity index (χ1n) is 3.58. The summed E-state index contributed by atoms with van der Waals surface area (Å²) in [6, 6.07) is 1.51. The maximum atomic E-state index is 8.87. The van der Waals surface area contributed by atoms with E-state index in [1.54, 1.807) is 6.92 Å². The summed E-state index contributed by atoms with van der Waals surface area (Å²) in [7, 11) is -1.50. The second-order valence-corrected chi connectivity index (χ2v) is 2.50. The lowest BCUT2D eigenvalue weighted by Crippen LogP contribution is -2.33. The van der Waals surface area contributed by atoms with Crippen molar-refractivity contribution in [2.75, 3.05) is 0 Å². The van der Waals surface area contributed by atoms with Crippen LogP contribution in [0, 0.1) is 6.92 Å². The van der Waals surface area contributed by atoms with Crippen LogP contribution in [0.5, 0.6) is 0 Å². The second kappa shape index (κ2) is 3.66. The first-order chi connectivity index (χ1) is 5.66. The minimum Gasteiger partial charge on any atom is -0.423 e. The second-order valence-electron chi connectivity index (χ2n) is 2.50. The summed E-state index contributed by atoms with van der Waals surface area (Å²) in [5.74, 6) is 0. The van der Waals surface area contributed by atoms with Gasteiger partial charge in [0.05, 0.1) is 12.3 Å². The van der Waals surface area contributed by atoms with Gasteiger partial charge in [-0.1, -0.05) is 0 Å². The van der Waals surface area contributed by atoms with Gasteiger partial charge in [-0.05, 0) is 24.0 Å². The Morgan fingerprint density at radius 2 is 2.17 bits per heavy atom. The van der Waals surface area contributed by atoms with Crippen LogP contribution in [0.3, 0.4) is 0 Å². The van der Waals surface area contributed by atoms with E-state index >= 15 is 0 Å². The van der Waals surface area contributed by atoms with Crippen LogP contribution in [0.25, 0.3) is 0 Å². The Balaban J connectivity index is 3.14. The highest BCUT2D eigenvalue weighted by molar-refractivity contribution is 6.59. The molecule has 0 aliphatic carbocycles. The molecule has 3 N–H and O–H groups in total. The van der Waals surface area contributed by atoms with Gasteiger partial charge in [-0.3, -0.25) is 4.98 Å². The SMILES string of the molecule is Cc1c(B(O)O)ccnc1CO. The van der Waals surface area contributed by atoms with Crippen molar-refractivity contribution in [3.05, 3.63) is 23.5 Å². The number of hydrogen-bond donors (Lipinski definition) is 3. The number of aliphatic hydroxyl groups is 1. The lowest BCUT2D eigenvalue weighted by molar-refractivity contribution is 0.276. The van der Waals surface area contributed by atoms with Crippen molar-refractivity contribution in [3.63, 3.8) is 0 Å². The molecule has 64 valence electrons. The van der Waals surface area contributed by atoms with Crippen molar-refractivity contribution in [3.8, 4) is 0 Å². The summed E-state index contributed by atoms with van der Waals surface area (Å²) in [6.45, 7) is 1.50. The van der Waals surface area contributed by atoms with Crippen LogP contribution in [0.4, 0.5) is 0 Å². The Kier molecular flexibility index (Phi) is 2.81. The Morgan fingerprint density at radius 1 is 1.50 bits per heavy atom. The Bertz CT molecular complexity index is 277. The third-order valence-electron chi connectivity index (χ3n) is 1.78. The van der Waals surface area contributed by atoms with Crippen molar-refractivity contribution in [2.45, 2.75) is 13.5 Å². The molecular formula is C7H10BNO3. The molecule has 0 aromatic carbocycles. The van der Waals surface area contributed by atoms with Crippen molar-refractivity contribution < 1.29 is 15.2 Å². The van der Waals surface area contributed by atoms with Crippen LogP contribution in [0.1, 0.15) is 11.3 Å². The quantitative estimate of drug-likeness (QED) is 0.471. The molecule has 0 radical (unpaired) electrons. The fraction of sp³-hybridized carbons (Fsp3) is 0.286. The van der Waals surface area contributed by atoms with E-state index in [0.29, 0.717) is 16.7 Å². The van der Waals surface area contributed by atoms with E-state index in [-0.39, 0.29) is 6.61 Å². The summed E-state index contributed by atoms with van der Waals surface area (Å²) >= 11 is 0. The summed E-state index contributed by atoms with van der Waals surface area (Å²) < 4.78 is 0. The molecule has 1 aromatic heterocycles. The van der Waals surface area contributed by atoms with Gasteiger partial charge in [-0.2, -0.15) is 0 Å². The third kappa shape index (κ3) is 1.63. The molecule has 0 spiro atoms. The molecule has 0 saturated carbocycles. The van der Waals surface area contributed by atoms with Gasteiger partial charge in [0.1, 0.15) is 0 Å². The molecule has 0 unspecified atom stereocenters. The van der Waals surface area contributed by atoms with Crippen LogP contribution >= 0.6 is 0 Å². The minimum atomic E-state index is -1.50. The van der Waals surface area contributed by atoms with Gasteiger partial charge < -0.3 is 15.2 Å². The zero-order valence-electron chi connectivity index (χ0n) is 6.73. The van der Waals surface area contributed by atoms with E-state index in [4.69, 9.17) is 15.2 Å². The van der Waals surface area contributed by atoms with Gasteiger partial charge in [0.2, 0.25) is 0 Å². The lowest BCUT2D eigenvalue weighted by atomic mass is 9.77. The van der Waals surface area contributed by atoms with Crippen molar-refractivity contribution in [1.82, 2.24) is 4.98 Å². The fourth-order valence-electron chi connectivity index (χ4n) is 1.04. The molecule has 0 fully saturated rings. The normalized spacial score (nSPS) is 10.0.